The number of hydrogen-bond acceptors (Lipinski definition) is 3. The predicted molar refractivity (Wildman–Crippen MR) is 49.3 cm³/mol. The summed E-state index contributed by atoms with van der Waals surface area (Å²) in [4.78, 5) is 10.5. The molecule has 0 bridgehead atoms. The molecule has 0 aromatic heterocycles. The number of carbonyl (C=O) groups is 1. The average molecular weight is 173 g/mol. The number of ketones is 1. The quantitative estimate of drug-likeness (QED) is 0.630. The summed E-state index contributed by atoms with van der Waals surface area (Å²) in [6.07, 6.45) is 0. The summed E-state index contributed by atoms with van der Waals surface area (Å²) in [6, 6.07) is 0. The van der Waals surface area contributed by atoms with Crippen LogP contribution < -0.4 is 5.32 Å². The van der Waals surface area contributed by atoms with E-state index in [9.17, 15) is 4.79 Å². The van der Waals surface area contributed by atoms with E-state index in [0.29, 0.717) is 6.61 Å². The van der Waals surface area contributed by atoms with Crippen molar-refractivity contribution in [2.45, 2.75) is 33.2 Å². The summed E-state index contributed by atoms with van der Waals surface area (Å²) in [7, 11) is 0. The minimum atomic E-state index is 0.0748. The Morgan fingerprint density at radius 2 is 2.00 bits per heavy atom. The van der Waals surface area contributed by atoms with Gasteiger partial charge in [-0.3, -0.25) is 4.79 Å². The van der Waals surface area contributed by atoms with Crippen LogP contribution in [0.25, 0.3) is 0 Å². The Hall–Kier alpha value is -0.410. The molecule has 3 nitrogen and oxygen atoms in total. The van der Waals surface area contributed by atoms with E-state index in [-0.39, 0.29) is 17.9 Å². The van der Waals surface area contributed by atoms with Crippen LogP contribution >= 0.6 is 0 Å². The summed E-state index contributed by atoms with van der Waals surface area (Å²) in [5.74, 6) is 0.0748. The number of rotatable bonds is 5. The molecule has 0 rings (SSSR count). The van der Waals surface area contributed by atoms with Gasteiger partial charge in [0.2, 0.25) is 0 Å². The van der Waals surface area contributed by atoms with Crippen molar-refractivity contribution < 1.29 is 9.53 Å². The van der Waals surface area contributed by atoms with Gasteiger partial charge in [-0.05, 0) is 27.7 Å². The highest BCUT2D eigenvalue weighted by atomic mass is 16.5. The minimum Gasteiger partial charge on any atom is -0.372 e. The zero-order valence-electron chi connectivity index (χ0n) is 8.44. The lowest BCUT2D eigenvalue weighted by Crippen LogP contribution is -2.38. The molecule has 0 amide bonds. The second-order valence-electron chi connectivity index (χ2n) is 3.93. The summed E-state index contributed by atoms with van der Waals surface area (Å²) < 4.78 is 5.08. The largest absolute Gasteiger partial charge is 0.372 e. The summed E-state index contributed by atoms with van der Waals surface area (Å²) in [5, 5.41) is 3.26. The molecule has 0 atom stereocenters. The van der Waals surface area contributed by atoms with E-state index in [1.54, 1.807) is 0 Å². The van der Waals surface area contributed by atoms with Gasteiger partial charge in [-0.25, -0.2) is 0 Å². The van der Waals surface area contributed by atoms with Crippen molar-refractivity contribution in [1.29, 1.82) is 0 Å². The summed E-state index contributed by atoms with van der Waals surface area (Å²) >= 11 is 0. The van der Waals surface area contributed by atoms with Crippen molar-refractivity contribution in [3.63, 3.8) is 0 Å². The lowest BCUT2D eigenvalue weighted by molar-refractivity contribution is -0.121. The fourth-order valence-electron chi connectivity index (χ4n) is 0.714. The van der Waals surface area contributed by atoms with Crippen LogP contribution in [0.4, 0.5) is 0 Å². The molecule has 0 saturated heterocycles. The van der Waals surface area contributed by atoms with Crippen LogP contribution in [0.3, 0.4) is 0 Å². The lowest BCUT2D eigenvalue weighted by atomic mass is 10.1. The molecule has 0 unspecified atom stereocenters. The smallest absolute Gasteiger partial charge is 0.155 e. The van der Waals surface area contributed by atoms with Crippen molar-refractivity contribution in [1.82, 2.24) is 5.32 Å². The van der Waals surface area contributed by atoms with Gasteiger partial charge in [-0.2, -0.15) is 0 Å². The molecule has 72 valence electrons. The van der Waals surface area contributed by atoms with Gasteiger partial charge in [0.25, 0.3) is 0 Å². The van der Waals surface area contributed by atoms with Crippen molar-refractivity contribution >= 4 is 5.78 Å². The number of nitrogens with one attached hydrogen (secondary N) is 1. The van der Waals surface area contributed by atoms with Gasteiger partial charge in [-0.15, -0.1) is 0 Å². The fourth-order valence-corrected chi connectivity index (χ4v) is 0.714. The van der Waals surface area contributed by atoms with E-state index in [4.69, 9.17) is 4.74 Å². The number of Topliss-reactive ketones (excluding diaryl/α,β-unsaturated/α-hetero) is 1. The van der Waals surface area contributed by atoms with Crippen LogP contribution in [0.2, 0.25) is 0 Å². The number of carbonyl (C=O) groups excluding carboxylic acids is 1. The first kappa shape index (κ1) is 11.6. The van der Waals surface area contributed by atoms with Gasteiger partial charge in [0.05, 0.1) is 6.61 Å². The van der Waals surface area contributed by atoms with Crippen molar-refractivity contribution in [2.24, 2.45) is 0 Å². The maximum Gasteiger partial charge on any atom is 0.155 e. The normalized spacial score (nSPS) is 11.7. The molecule has 0 heterocycles. The first-order chi connectivity index (χ1) is 5.42. The zero-order chi connectivity index (χ0) is 9.61. The van der Waals surface area contributed by atoms with E-state index >= 15 is 0 Å². The molecule has 0 aromatic carbocycles. The van der Waals surface area contributed by atoms with Gasteiger partial charge in [0.15, 0.2) is 5.78 Å². The van der Waals surface area contributed by atoms with E-state index < -0.39 is 0 Å². The Bertz CT molecular complexity index is 138. The van der Waals surface area contributed by atoms with Gasteiger partial charge < -0.3 is 10.1 Å². The maximum absolute atomic E-state index is 10.5. The Balaban J connectivity index is 3.17. The first-order valence-corrected chi connectivity index (χ1v) is 4.24. The third-order valence-corrected chi connectivity index (χ3v) is 1.21. The highest BCUT2D eigenvalue weighted by Gasteiger charge is 2.06. The Morgan fingerprint density at radius 1 is 1.42 bits per heavy atom. The Kier molecular flexibility index (Phi) is 5.09. The topological polar surface area (TPSA) is 38.3 Å². The Labute approximate surface area is 74.5 Å². The highest BCUT2D eigenvalue weighted by molar-refractivity contribution is 5.76. The van der Waals surface area contributed by atoms with Crippen LogP contribution in [0.5, 0.6) is 0 Å². The zero-order valence-corrected chi connectivity index (χ0v) is 8.44. The van der Waals surface area contributed by atoms with Gasteiger partial charge in [0, 0.05) is 12.1 Å². The molecular formula is C9H19NO2. The standard InChI is InChI=1S/C9H19NO2/c1-8(11)7-12-6-5-10-9(2,3)4/h10H,5-7H2,1-4H3. The summed E-state index contributed by atoms with van der Waals surface area (Å²) in [6.45, 7) is 9.42. The molecule has 0 radical (unpaired) electrons. The molecule has 1 N–H and O–H groups in total. The van der Waals surface area contributed by atoms with Crippen molar-refractivity contribution in [2.75, 3.05) is 19.8 Å². The minimum absolute atomic E-state index is 0.0748. The molecule has 0 aliphatic rings. The SMILES string of the molecule is CC(=O)COCCNC(C)(C)C. The number of hydrogen-bond donors (Lipinski definition) is 1. The molecular weight excluding hydrogens is 154 g/mol. The number of ether oxygens (including phenoxy) is 1. The molecule has 0 aliphatic carbocycles. The predicted octanol–water partition coefficient (Wildman–Crippen LogP) is 0.980. The van der Waals surface area contributed by atoms with Crippen molar-refractivity contribution in [3.8, 4) is 0 Å². The lowest BCUT2D eigenvalue weighted by Gasteiger charge is -2.20. The molecule has 0 saturated carbocycles. The van der Waals surface area contributed by atoms with E-state index in [1.807, 2.05) is 0 Å². The highest BCUT2D eigenvalue weighted by Crippen LogP contribution is 1.96. The molecule has 3 heteroatoms. The van der Waals surface area contributed by atoms with Crippen LogP contribution in [-0.4, -0.2) is 31.1 Å². The second kappa shape index (κ2) is 5.27. The van der Waals surface area contributed by atoms with E-state index in [0.717, 1.165) is 6.54 Å². The Morgan fingerprint density at radius 3 is 2.42 bits per heavy atom. The van der Waals surface area contributed by atoms with Gasteiger partial charge in [-0.1, -0.05) is 0 Å². The summed E-state index contributed by atoms with van der Waals surface area (Å²) in [5.41, 5.74) is 0.125. The molecule has 0 fully saturated rings. The van der Waals surface area contributed by atoms with Crippen LogP contribution in [-0.2, 0) is 9.53 Å². The maximum atomic E-state index is 10.5. The van der Waals surface area contributed by atoms with Crippen LogP contribution in [0.15, 0.2) is 0 Å². The van der Waals surface area contributed by atoms with E-state index in [1.165, 1.54) is 6.92 Å². The van der Waals surface area contributed by atoms with E-state index in [2.05, 4.69) is 26.1 Å². The van der Waals surface area contributed by atoms with Crippen LogP contribution in [0.1, 0.15) is 27.7 Å². The molecule has 12 heavy (non-hydrogen) atoms. The van der Waals surface area contributed by atoms with Crippen molar-refractivity contribution in [3.05, 3.63) is 0 Å². The molecule has 0 aliphatic heterocycles. The molecule has 0 spiro atoms. The third kappa shape index (κ3) is 9.59. The monoisotopic (exact) mass is 173 g/mol. The van der Waals surface area contributed by atoms with Crippen LogP contribution in [0, 0.1) is 0 Å². The van der Waals surface area contributed by atoms with Gasteiger partial charge in [0.1, 0.15) is 6.61 Å². The first-order valence-electron chi connectivity index (χ1n) is 4.24. The third-order valence-electron chi connectivity index (χ3n) is 1.21. The average Bonchev–Trinajstić information content (AvgIpc) is 1.83. The molecule has 0 aromatic rings. The second-order valence-corrected chi connectivity index (χ2v) is 3.93. The fraction of sp³-hybridized carbons (Fsp3) is 0.889. The van der Waals surface area contributed by atoms with Gasteiger partial charge >= 0.3 is 0 Å².